The third kappa shape index (κ3) is 4.84. The first-order valence-electron chi connectivity index (χ1n) is 17.9. The Morgan fingerprint density at radius 2 is 0.745 bits per heavy atom. The van der Waals surface area contributed by atoms with Crippen LogP contribution in [0.3, 0.4) is 0 Å². The third-order valence-electron chi connectivity index (χ3n) is 10.7. The molecule has 0 saturated heterocycles. The molecule has 2 aromatic heterocycles. The number of aromatic nitrogens is 2. The first-order chi connectivity index (χ1) is 26.9. The van der Waals surface area contributed by atoms with E-state index in [1.54, 1.807) is 18.2 Å². The molecule has 0 radical (unpaired) electrons. The number of phenolic OH excluding ortho intramolecular Hbond substituents is 5. The highest BCUT2D eigenvalue weighted by Gasteiger charge is 2.25. The number of phenols is 5. The highest BCUT2D eigenvalue weighted by molar-refractivity contribution is 6.23. The predicted octanol–water partition coefficient (Wildman–Crippen LogP) is 11.4. The molecule has 55 heavy (non-hydrogen) atoms. The van der Waals surface area contributed by atoms with Crippen LogP contribution >= 0.6 is 0 Å². The SMILES string of the molecule is Oc1c(O)c(O)c(-c2cccc(-c3ccc(-n4c5ccccc5c5ccc6c7ccccc7n(-c7cccc(-c8ccccc8)c7)c6c54)cc3)c2)c(O)c1O. The molecule has 5 N–H and O–H groups in total. The van der Waals surface area contributed by atoms with Gasteiger partial charge >= 0.3 is 0 Å². The molecule has 0 aliphatic heterocycles. The van der Waals surface area contributed by atoms with Crippen molar-refractivity contribution >= 4 is 43.6 Å². The summed E-state index contributed by atoms with van der Waals surface area (Å²) in [6.45, 7) is 0. The molecule has 7 heteroatoms. The van der Waals surface area contributed by atoms with E-state index in [4.69, 9.17) is 0 Å². The zero-order chi connectivity index (χ0) is 37.4. The molecule has 0 aliphatic rings. The minimum Gasteiger partial charge on any atom is -0.504 e. The normalized spacial score (nSPS) is 11.6. The highest BCUT2D eigenvalue weighted by Crippen LogP contribution is 2.55. The molecule has 10 aromatic rings. The minimum absolute atomic E-state index is 0.190. The molecule has 8 aromatic carbocycles. The Hall–Kier alpha value is -7.64. The largest absolute Gasteiger partial charge is 0.504 e. The maximum absolute atomic E-state index is 10.6. The zero-order valence-electron chi connectivity index (χ0n) is 29.2. The summed E-state index contributed by atoms with van der Waals surface area (Å²) in [7, 11) is 0. The van der Waals surface area contributed by atoms with E-state index < -0.39 is 28.7 Å². The van der Waals surface area contributed by atoms with Crippen LogP contribution in [0.5, 0.6) is 28.7 Å². The Kier molecular flexibility index (Phi) is 7.12. The van der Waals surface area contributed by atoms with Gasteiger partial charge in [-0.15, -0.1) is 0 Å². The van der Waals surface area contributed by atoms with Crippen molar-refractivity contribution in [3.8, 4) is 73.5 Å². The summed E-state index contributed by atoms with van der Waals surface area (Å²) >= 11 is 0. The van der Waals surface area contributed by atoms with Crippen LogP contribution in [0.1, 0.15) is 0 Å². The van der Waals surface area contributed by atoms with Gasteiger partial charge in [0, 0.05) is 32.9 Å². The molecule has 2 heterocycles. The predicted molar refractivity (Wildman–Crippen MR) is 220 cm³/mol. The van der Waals surface area contributed by atoms with Crippen LogP contribution in [0, 0.1) is 0 Å². The zero-order valence-corrected chi connectivity index (χ0v) is 29.2. The van der Waals surface area contributed by atoms with E-state index in [1.807, 2.05) is 24.3 Å². The fourth-order valence-electron chi connectivity index (χ4n) is 8.11. The number of para-hydroxylation sites is 2. The van der Waals surface area contributed by atoms with E-state index in [-0.39, 0.29) is 5.56 Å². The maximum Gasteiger partial charge on any atom is 0.208 e. The summed E-state index contributed by atoms with van der Waals surface area (Å²) in [6.07, 6.45) is 0. The van der Waals surface area contributed by atoms with Crippen LogP contribution < -0.4 is 0 Å². The Morgan fingerprint density at radius 3 is 1.36 bits per heavy atom. The number of aromatic hydroxyl groups is 5. The van der Waals surface area contributed by atoms with Crippen molar-refractivity contribution in [3.05, 3.63) is 164 Å². The van der Waals surface area contributed by atoms with E-state index in [9.17, 15) is 25.5 Å². The molecular weight excluding hydrogens is 685 g/mol. The average molecular weight is 717 g/mol. The van der Waals surface area contributed by atoms with Gasteiger partial charge in [0.25, 0.3) is 0 Å². The lowest BCUT2D eigenvalue weighted by atomic mass is 9.97. The lowest BCUT2D eigenvalue weighted by Crippen LogP contribution is -1.99. The van der Waals surface area contributed by atoms with Gasteiger partial charge in [0.15, 0.2) is 11.5 Å². The second-order valence-corrected chi connectivity index (χ2v) is 13.7. The summed E-state index contributed by atoms with van der Waals surface area (Å²) in [5.41, 5.74) is 10.5. The van der Waals surface area contributed by atoms with Gasteiger partial charge in [-0.05, 0) is 70.3 Å². The van der Waals surface area contributed by atoms with Gasteiger partial charge in [0.2, 0.25) is 17.2 Å². The van der Waals surface area contributed by atoms with E-state index in [2.05, 4.69) is 130 Å². The standard InChI is InChI=1S/C48H32N2O5/c51-44-41(45(52)47(54)48(55)46(44)53)32-14-8-12-30(26-32)29-20-22-33(23-21-29)49-39-18-6-4-16-35(39)37-24-25-38-36-17-5-7-19-40(36)50(43(38)42(37)49)34-15-9-13-31(27-34)28-10-2-1-3-11-28/h1-27,51-55H. The molecule has 0 spiro atoms. The molecule has 0 aliphatic carbocycles. The highest BCUT2D eigenvalue weighted by atomic mass is 16.4. The fraction of sp³-hybridized carbons (Fsp3) is 0. The Morgan fingerprint density at radius 1 is 0.291 bits per heavy atom. The lowest BCUT2D eigenvalue weighted by Gasteiger charge is -2.15. The first kappa shape index (κ1) is 32.0. The van der Waals surface area contributed by atoms with Gasteiger partial charge in [-0.3, -0.25) is 0 Å². The van der Waals surface area contributed by atoms with Crippen molar-refractivity contribution in [1.82, 2.24) is 9.13 Å². The molecule has 0 fully saturated rings. The summed E-state index contributed by atoms with van der Waals surface area (Å²) in [6, 6.07) is 55.9. The third-order valence-corrected chi connectivity index (χ3v) is 10.7. The first-order valence-corrected chi connectivity index (χ1v) is 17.9. The number of benzene rings is 8. The van der Waals surface area contributed by atoms with Crippen molar-refractivity contribution in [2.45, 2.75) is 0 Å². The molecule has 7 nitrogen and oxygen atoms in total. The van der Waals surface area contributed by atoms with Gasteiger partial charge < -0.3 is 34.7 Å². The van der Waals surface area contributed by atoms with E-state index in [0.29, 0.717) is 5.56 Å². The van der Waals surface area contributed by atoms with E-state index in [1.165, 1.54) is 5.39 Å². The summed E-state index contributed by atoms with van der Waals surface area (Å²) in [4.78, 5) is 0. The van der Waals surface area contributed by atoms with Gasteiger partial charge in [0.1, 0.15) is 0 Å². The van der Waals surface area contributed by atoms with Crippen molar-refractivity contribution in [1.29, 1.82) is 0 Å². The molecule has 10 rings (SSSR count). The second-order valence-electron chi connectivity index (χ2n) is 13.7. The van der Waals surface area contributed by atoms with Crippen LogP contribution in [0.15, 0.2) is 164 Å². The van der Waals surface area contributed by atoms with Crippen LogP contribution in [0.2, 0.25) is 0 Å². The van der Waals surface area contributed by atoms with Crippen LogP contribution in [0.25, 0.3) is 88.4 Å². The minimum atomic E-state index is -0.992. The van der Waals surface area contributed by atoms with E-state index >= 15 is 0 Å². The van der Waals surface area contributed by atoms with Gasteiger partial charge in [-0.25, -0.2) is 0 Å². The van der Waals surface area contributed by atoms with Crippen molar-refractivity contribution in [3.63, 3.8) is 0 Å². The van der Waals surface area contributed by atoms with Crippen molar-refractivity contribution < 1.29 is 25.5 Å². The average Bonchev–Trinajstić information content (AvgIpc) is 3.76. The van der Waals surface area contributed by atoms with Gasteiger partial charge in [0.05, 0.1) is 27.6 Å². The number of rotatable bonds is 5. The fourth-order valence-corrected chi connectivity index (χ4v) is 8.11. The van der Waals surface area contributed by atoms with Gasteiger partial charge in [-0.2, -0.15) is 0 Å². The monoisotopic (exact) mass is 716 g/mol. The number of hydrogen-bond acceptors (Lipinski definition) is 5. The Balaban J connectivity index is 1.18. The maximum atomic E-state index is 10.6. The van der Waals surface area contributed by atoms with Crippen molar-refractivity contribution in [2.24, 2.45) is 0 Å². The van der Waals surface area contributed by atoms with Gasteiger partial charge in [-0.1, -0.05) is 121 Å². The quantitative estimate of drug-likeness (QED) is 0.0899. The Labute approximate surface area is 314 Å². The smallest absolute Gasteiger partial charge is 0.208 e. The molecule has 264 valence electrons. The summed E-state index contributed by atoms with van der Waals surface area (Å²) in [5, 5.41) is 56.1. The molecule has 0 bridgehead atoms. The number of fused-ring (bicyclic) bond motifs is 7. The number of hydrogen-bond donors (Lipinski definition) is 5. The second kappa shape index (κ2) is 12.2. The lowest BCUT2D eigenvalue weighted by molar-refractivity contribution is 0.330. The summed E-state index contributed by atoms with van der Waals surface area (Å²) in [5.74, 6) is -4.29. The summed E-state index contributed by atoms with van der Waals surface area (Å²) < 4.78 is 4.72. The molecule has 0 unspecified atom stereocenters. The van der Waals surface area contributed by atoms with Crippen LogP contribution in [0.4, 0.5) is 0 Å². The van der Waals surface area contributed by atoms with Crippen molar-refractivity contribution in [2.75, 3.05) is 0 Å². The van der Waals surface area contributed by atoms with E-state index in [0.717, 1.165) is 71.9 Å². The molecule has 0 saturated carbocycles. The van der Waals surface area contributed by atoms with Crippen LogP contribution in [-0.4, -0.2) is 34.7 Å². The number of nitrogens with zero attached hydrogens (tertiary/aromatic N) is 2. The molecule has 0 atom stereocenters. The molecular formula is C48H32N2O5. The topological polar surface area (TPSA) is 111 Å². The van der Waals surface area contributed by atoms with Crippen LogP contribution in [-0.2, 0) is 0 Å². The molecule has 0 amide bonds. The Bertz CT molecular complexity index is 3110.